The molecule has 0 spiro atoms. The van der Waals surface area contributed by atoms with E-state index in [2.05, 4.69) is 20.8 Å². The Morgan fingerprint density at radius 1 is 1.04 bits per heavy atom. The van der Waals surface area contributed by atoms with Gasteiger partial charge in [-0.3, -0.25) is 4.79 Å². The van der Waals surface area contributed by atoms with E-state index in [9.17, 15) is 9.18 Å². The maximum atomic E-state index is 12.9. The summed E-state index contributed by atoms with van der Waals surface area (Å²) in [4.78, 5) is 12.2. The van der Waals surface area contributed by atoms with Crippen molar-refractivity contribution in [2.45, 2.75) is 44.7 Å². The Bertz CT molecular complexity index is 666. The Kier molecular flexibility index (Phi) is 5.36. The molecule has 2 N–H and O–H groups in total. The van der Waals surface area contributed by atoms with Crippen molar-refractivity contribution in [2.75, 3.05) is 5.32 Å². The molecule has 1 fully saturated rings. The minimum absolute atomic E-state index is 0.167. The third kappa shape index (κ3) is 4.50. The summed E-state index contributed by atoms with van der Waals surface area (Å²) in [6.07, 6.45) is 5.67. The van der Waals surface area contributed by atoms with Crippen molar-refractivity contribution in [1.29, 1.82) is 0 Å². The summed E-state index contributed by atoms with van der Waals surface area (Å²) in [6.45, 7) is 0.516. The Morgan fingerprint density at radius 2 is 1.79 bits per heavy atom. The van der Waals surface area contributed by atoms with Gasteiger partial charge in [0.15, 0.2) is 5.69 Å². The number of nitrogens with one attached hydrogen (secondary N) is 2. The van der Waals surface area contributed by atoms with Crippen LogP contribution in [0.1, 0.15) is 48.2 Å². The molecule has 3 rings (SSSR count). The molecule has 2 aromatic rings. The van der Waals surface area contributed by atoms with E-state index in [1.807, 2.05) is 0 Å². The molecule has 0 unspecified atom stereocenters. The second-order valence-corrected chi connectivity index (χ2v) is 6.09. The van der Waals surface area contributed by atoms with E-state index in [1.165, 1.54) is 31.4 Å². The number of benzene rings is 1. The highest BCUT2D eigenvalue weighted by atomic mass is 19.1. The van der Waals surface area contributed by atoms with Gasteiger partial charge in [-0.1, -0.05) is 31.4 Å². The lowest BCUT2D eigenvalue weighted by Crippen LogP contribution is -2.36. The highest BCUT2D eigenvalue weighted by Crippen LogP contribution is 2.17. The summed E-state index contributed by atoms with van der Waals surface area (Å²) in [6, 6.07) is 9.90. The molecule has 1 aliphatic rings. The molecular formula is C18H21FN4O. The number of anilines is 1. The van der Waals surface area contributed by atoms with Gasteiger partial charge < -0.3 is 10.6 Å². The fourth-order valence-electron chi connectivity index (χ4n) is 2.85. The molecule has 0 bridgehead atoms. The van der Waals surface area contributed by atoms with Gasteiger partial charge in [0.25, 0.3) is 5.91 Å². The van der Waals surface area contributed by atoms with Gasteiger partial charge in [0, 0.05) is 12.6 Å². The van der Waals surface area contributed by atoms with Gasteiger partial charge in [-0.05, 0) is 42.7 Å². The van der Waals surface area contributed by atoms with Crippen LogP contribution in [0.5, 0.6) is 0 Å². The molecule has 1 saturated carbocycles. The van der Waals surface area contributed by atoms with E-state index >= 15 is 0 Å². The molecule has 0 aliphatic heterocycles. The van der Waals surface area contributed by atoms with E-state index in [0.29, 0.717) is 18.1 Å². The SMILES string of the molecule is O=C(NC1CCCCC1)c1ccc(NCc2ccc(F)cc2)nn1. The normalized spacial score (nSPS) is 15.0. The highest BCUT2D eigenvalue weighted by molar-refractivity contribution is 5.92. The predicted molar refractivity (Wildman–Crippen MR) is 90.1 cm³/mol. The molecule has 1 amide bonds. The highest BCUT2D eigenvalue weighted by Gasteiger charge is 2.17. The summed E-state index contributed by atoms with van der Waals surface area (Å²) in [5.41, 5.74) is 1.27. The first-order valence-electron chi connectivity index (χ1n) is 8.33. The van der Waals surface area contributed by atoms with Crippen molar-refractivity contribution in [1.82, 2.24) is 15.5 Å². The van der Waals surface area contributed by atoms with Crippen LogP contribution >= 0.6 is 0 Å². The third-order valence-electron chi connectivity index (χ3n) is 4.22. The zero-order valence-corrected chi connectivity index (χ0v) is 13.5. The molecule has 0 radical (unpaired) electrons. The first-order chi connectivity index (χ1) is 11.7. The number of hydrogen-bond donors (Lipinski definition) is 2. The van der Waals surface area contributed by atoms with Gasteiger partial charge in [-0.15, -0.1) is 10.2 Å². The van der Waals surface area contributed by atoms with Crippen molar-refractivity contribution in [3.63, 3.8) is 0 Å². The molecule has 0 atom stereocenters. The van der Waals surface area contributed by atoms with Crippen LogP contribution in [0.15, 0.2) is 36.4 Å². The average Bonchev–Trinajstić information content (AvgIpc) is 2.62. The van der Waals surface area contributed by atoms with Crippen LogP contribution in [0.4, 0.5) is 10.2 Å². The third-order valence-corrected chi connectivity index (χ3v) is 4.22. The zero-order chi connectivity index (χ0) is 16.8. The number of nitrogens with zero attached hydrogens (tertiary/aromatic N) is 2. The van der Waals surface area contributed by atoms with Gasteiger partial charge in [-0.25, -0.2) is 4.39 Å². The standard InChI is InChI=1S/C18H21FN4O/c19-14-8-6-13(7-9-14)12-20-17-11-10-16(22-23-17)18(24)21-15-4-2-1-3-5-15/h6-11,15H,1-5,12H2,(H,20,23)(H,21,24). The molecule has 1 aromatic carbocycles. The van der Waals surface area contributed by atoms with Gasteiger partial charge in [0.2, 0.25) is 0 Å². The Hall–Kier alpha value is -2.50. The maximum absolute atomic E-state index is 12.9. The van der Waals surface area contributed by atoms with Gasteiger partial charge in [-0.2, -0.15) is 0 Å². The number of aromatic nitrogens is 2. The predicted octanol–water partition coefficient (Wildman–Crippen LogP) is 3.29. The van der Waals surface area contributed by atoms with E-state index in [-0.39, 0.29) is 17.8 Å². The van der Waals surface area contributed by atoms with E-state index in [0.717, 1.165) is 18.4 Å². The summed E-state index contributed by atoms with van der Waals surface area (Å²) in [5, 5.41) is 14.1. The maximum Gasteiger partial charge on any atom is 0.272 e. The number of rotatable bonds is 5. The molecule has 1 aliphatic carbocycles. The Morgan fingerprint density at radius 3 is 2.46 bits per heavy atom. The summed E-state index contributed by atoms with van der Waals surface area (Å²) >= 11 is 0. The van der Waals surface area contributed by atoms with Crippen LogP contribution in [-0.2, 0) is 6.54 Å². The van der Waals surface area contributed by atoms with Crippen LogP contribution in [0.25, 0.3) is 0 Å². The number of hydrogen-bond acceptors (Lipinski definition) is 4. The second kappa shape index (κ2) is 7.86. The first-order valence-corrected chi connectivity index (χ1v) is 8.33. The monoisotopic (exact) mass is 328 g/mol. The molecule has 24 heavy (non-hydrogen) atoms. The van der Waals surface area contributed by atoms with Gasteiger partial charge >= 0.3 is 0 Å². The van der Waals surface area contributed by atoms with Crippen molar-refractivity contribution in [3.8, 4) is 0 Å². The average molecular weight is 328 g/mol. The zero-order valence-electron chi connectivity index (χ0n) is 13.5. The molecular weight excluding hydrogens is 307 g/mol. The van der Waals surface area contributed by atoms with Crippen molar-refractivity contribution in [2.24, 2.45) is 0 Å². The van der Waals surface area contributed by atoms with Crippen molar-refractivity contribution in [3.05, 3.63) is 53.5 Å². The van der Waals surface area contributed by atoms with E-state index in [1.54, 1.807) is 24.3 Å². The Balaban J connectivity index is 1.52. The Labute approximate surface area is 140 Å². The van der Waals surface area contributed by atoms with Crippen LogP contribution in [0.3, 0.4) is 0 Å². The summed E-state index contributed by atoms with van der Waals surface area (Å²) < 4.78 is 12.9. The number of amides is 1. The summed E-state index contributed by atoms with van der Waals surface area (Å²) in [5.74, 6) is 0.153. The van der Waals surface area contributed by atoms with Crippen LogP contribution < -0.4 is 10.6 Å². The lowest BCUT2D eigenvalue weighted by atomic mass is 9.95. The number of carbonyl (C=O) groups excluding carboxylic acids is 1. The molecule has 1 aromatic heterocycles. The van der Waals surface area contributed by atoms with E-state index in [4.69, 9.17) is 0 Å². The number of halogens is 1. The molecule has 126 valence electrons. The van der Waals surface area contributed by atoms with Gasteiger partial charge in [0.05, 0.1) is 0 Å². The smallest absolute Gasteiger partial charge is 0.272 e. The minimum atomic E-state index is -0.258. The summed E-state index contributed by atoms with van der Waals surface area (Å²) in [7, 11) is 0. The van der Waals surface area contributed by atoms with Crippen LogP contribution in [0, 0.1) is 5.82 Å². The quantitative estimate of drug-likeness (QED) is 0.884. The fraction of sp³-hybridized carbons (Fsp3) is 0.389. The first kappa shape index (κ1) is 16.4. The van der Waals surface area contributed by atoms with Crippen LogP contribution in [0.2, 0.25) is 0 Å². The molecule has 0 saturated heterocycles. The number of carbonyl (C=O) groups is 1. The van der Waals surface area contributed by atoms with Crippen molar-refractivity contribution < 1.29 is 9.18 Å². The topological polar surface area (TPSA) is 66.9 Å². The minimum Gasteiger partial charge on any atom is -0.365 e. The molecule has 5 nitrogen and oxygen atoms in total. The second-order valence-electron chi connectivity index (χ2n) is 6.09. The lowest BCUT2D eigenvalue weighted by Gasteiger charge is -2.22. The molecule has 6 heteroatoms. The largest absolute Gasteiger partial charge is 0.365 e. The lowest BCUT2D eigenvalue weighted by molar-refractivity contribution is 0.0921. The molecule has 1 heterocycles. The van der Waals surface area contributed by atoms with Crippen molar-refractivity contribution >= 4 is 11.7 Å². The van der Waals surface area contributed by atoms with Crippen LogP contribution in [-0.4, -0.2) is 22.1 Å². The van der Waals surface area contributed by atoms with Gasteiger partial charge in [0.1, 0.15) is 11.6 Å². The fourth-order valence-corrected chi connectivity index (χ4v) is 2.85. The van der Waals surface area contributed by atoms with E-state index < -0.39 is 0 Å².